The Morgan fingerprint density at radius 1 is 0.587 bits per heavy atom. The van der Waals surface area contributed by atoms with E-state index in [0.29, 0.717) is 5.69 Å². The van der Waals surface area contributed by atoms with Crippen LogP contribution in [0.3, 0.4) is 0 Å². The quantitative estimate of drug-likeness (QED) is 0.149. The largest absolute Gasteiger partial charge is 0.283 e. The maximum atomic E-state index is 15.0. The highest BCUT2D eigenvalue weighted by molar-refractivity contribution is 6.27. The molecule has 1 saturated heterocycles. The summed E-state index contributed by atoms with van der Waals surface area (Å²) < 4.78 is 0. The first-order chi connectivity index (χ1) is 22.7. The highest BCUT2D eigenvalue weighted by atomic mass is 16.2. The van der Waals surface area contributed by atoms with Crippen molar-refractivity contribution in [2.75, 3.05) is 4.90 Å². The van der Waals surface area contributed by atoms with Crippen molar-refractivity contribution < 1.29 is 9.59 Å². The van der Waals surface area contributed by atoms with E-state index in [2.05, 4.69) is 48.5 Å². The number of imide groups is 1. The third-order valence-electron chi connectivity index (χ3n) is 10.3. The minimum Gasteiger partial charge on any atom is -0.283 e. The molecule has 6 aromatic rings. The van der Waals surface area contributed by atoms with Gasteiger partial charge in [0.15, 0.2) is 0 Å². The van der Waals surface area contributed by atoms with Crippen LogP contribution in [0.2, 0.25) is 0 Å². The van der Waals surface area contributed by atoms with Crippen LogP contribution in [0.1, 0.15) is 45.3 Å². The van der Waals surface area contributed by atoms with E-state index in [1.807, 2.05) is 109 Å². The first-order valence-electron chi connectivity index (χ1n) is 15.9. The van der Waals surface area contributed by atoms with Crippen molar-refractivity contribution >= 4 is 34.5 Å². The zero-order valence-electron chi connectivity index (χ0n) is 25.0. The lowest BCUT2D eigenvalue weighted by Crippen LogP contribution is -2.54. The maximum absolute atomic E-state index is 15.0. The van der Waals surface area contributed by atoms with Gasteiger partial charge < -0.3 is 0 Å². The molecule has 220 valence electrons. The molecule has 0 radical (unpaired) electrons. The van der Waals surface area contributed by atoms with Crippen LogP contribution in [0, 0.1) is 11.8 Å². The second kappa shape index (κ2) is 10.2. The Balaban J connectivity index is 1.30. The minimum atomic E-state index is -0.930. The lowest BCUT2D eigenvalue weighted by molar-refractivity contribution is -0.122. The van der Waals surface area contributed by atoms with Crippen LogP contribution < -0.4 is 4.90 Å². The Kier molecular flexibility index (Phi) is 5.94. The van der Waals surface area contributed by atoms with Gasteiger partial charge in [-0.1, -0.05) is 146 Å². The normalized spacial score (nSPS) is 22.8. The number of rotatable bonds is 5. The van der Waals surface area contributed by atoms with Crippen molar-refractivity contribution in [1.82, 2.24) is 0 Å². The number of carbonyl (C=O) groups is 2. The summed E-state index contributed by atoms with van der Waals surface area (Å²) in [6, 6.07) is 50.8. The van der Waals surface area contributed by atoms with Crippen LogP contribution in [0.4, 0.5) is 5.69 Å². The Labute approximate surface area is 267 Å². The van der Waals surface area contributed by atoms with Gasteiger partial charge in [-0.25, -0.2) is 4.90 Å². The Hall–Kier alpha value is -5.61. The average molecular weight is 595 g/mol. The molecule has 10 rings (SSSR count). The summed E-state index contributed by atoms with van der Waals surface area (Å²) in [5.74, 6) is -1.70. The molecule has 1 heterocycles. The van der Waals surface area contributed by atoms with Crippen LogP contribution in [0.25, 0.3) is 10.8 Å². The number of benzene rings is 6. The van der Waals surface area contributed by atoms with Crippen molar-refractivity contribution in [2.45, 2.75) is 17.4 Å². The fourth-order valence-corrected chi connectivity index (χ4v) is 8.52. The average Bonchev–Trinajstić information content (AvgIpc) is 3.39. The molecule has 1 aliphatic heterocycles. The zero-order valence-corrected chi connectivity index (χ0v) is 25.0. The molecule has 4 nitrogen and oxygen atoms in total. The summed E-state index contributed by atoms with van der Waals surface area (Å²) in [7, 11) is 0. The molecule has 4 aliphatic rings. The highest BCUT2D eigenvalue weighted by Gasteiger charge is 2.68. The molecule has 2 bridgehead atoms. The second-order valence-electron chi connectivity index (χ2n) is 12.5. The number of amides is 2. The van der Waals surface area contributed by atoms with E-state index in [0.717, 1.165) is 44.2 Å². The molecular weight excluding hydrogens is 564 g/mol. The van der Waals surface area contributed by atoms with E-state index in [1.165, 1.54) is 4.90 Å². The van der Waals surface area contributed by atoms with Gasteiger partial charge in [0, 0.05) is 17.5 Å². The first-order valence-corrected chi connectivity index (χ1v) is 15.9. The van der Waals surface area contributed by atoms with Crippen LogP contribution in [-0.2, 0) is 15.0 Å². The molecule has 0 spiro atoms. The second-order valence-corrected chi connectivity index (χ2v) is 12.5. The lowest BCUT2D eigenvalue weighted by atomic mass is 9.47. The molecule has 0 unspecified atom stereocenters. The molecule has 2 amide bonds. The smallest absolute Gasteiger partial charge is 0.239 e. The van der Waals surface area contributed by atoms with Gasteiger partial charge in [0.05, 0.1) is 29.0 Å². The fraction of sp³-hybridized carbons (Fsp3) is 0.119. The molecule has 46 heavy (non-hydrogen) atoms. The van der Waals surface area contributed by atoms with Gasteiger partial charge in [-0.2, -0.15) is 0 Å². The number of carbonyl (C=O) groups excluding carboxylic acids is 2. The molecule has 0 saturated carbocycles. The zero-order chi connectivity index (χ0) is 30.8. The minimum absolute atomic E-state index is 0.138. The van der Waals surface area contributed by atoms with E-state index in [1.54, 1.807) is 0 Å². The molecular formula is C42H30N2O2. The van der Waals surface area contributed by atoms with E-state index in [9.17, 15) is 4.79 Å². The summed E-state index contributed by atoms with van der Waals surface area (Å²) in [5, 5.41) is 1.89. The van der Waals surface area contributed by atoms with Crippen LogP contribution in [0.15, 0.2) is 157 Å². The van der Waals surface area contributed by atoms with Crippen molar-refractivity contribution in [3.63, 3.8) is 0 Å². The number of hydrogen-bond acceptors (Lipinski definition) is 3. The summed E-state index contributed by atoms with van der Waals surface area (Å²) in [4.78, 5) is 36.7. The van der Waals surface area contributed by atoms with Crippen LogP contribution in [0.5, 0.6) is 0 Å². The SMILES string of the molecule is O=C1[C@@H]2C3c4ccccc4C(C=NC(c4ccccc4)c4ccccc4)(c4ccccc43)[C@@H]2C(=O)N1c1cccc2ccccc12. The van der Waals surface area contributed by atoms with Crippen LogP contribution >= 0.6 is 0 Å². The summed E-state index contributed by atoms with van der Waals surface area (Å²) in [6.07, 6.45) is 2.03. The van der Waals surface area contributed by atoms with Gasteiger partial charge in [-0.15, -0.1) is 0 Å². The topological polar surface area (TPSA) is 49.7 Å². The number of nitrogens with zero attached hydrogens (tertiary/aromatic N) is 2. The van der Waals surface area contributed by atoms with Crippen molar-refractivity contribution in [3.05, 3.63) is 185 Å². The molecule has 6 aromatic carbocycles. The molecule has 1 fully saturated rings. The van der Waals surface area contributed by atoms with Gasteiger partial charge in [0.1, 0.15) is 0 Å². The van der Waals surface area contributed by atoms with Crippen LogP contribution in [-0.4, -0.2) is 18.0 Å². The van der Waals surface area contributed by atoms with Crippen molar-refractivity contribution in [3.8, 4) is 0 Å². The lowest BCUT2D eigenvalue weighted by Gasteiger charge is -2.52. The molecule has 0 aromatic heterocycles. The van der Waals surface area contributed by atoms with E-state index in [-0.39, 0.29) is 23.8 Å². The summed E-state index contributed by atoms with van der Waals surface area (Å²) in [5.41, 5.74) is 6.17. The summed E-state index contributed by atoms with van der Waals surface area (Å²) >= 11 is 0. The highest BCUT2D eigenvalue weighted by Crippen LogP contribution is 2.64. The van der Waals surface area contributed by atoms with Gasteiger partial charge in [-0.3, -0.25) is 14.6 Å². The van der Waals surface area contributed by atoms with E-state index < -0.39 is 17.3 Å². The van der Waals surface area contributed by atoms with Crippen molar-refractivity contribution in [1.29, 1.82) is 0 Å². The monoisotopic (exact) mass is 594 g/mol. The Morgan fingerprint density at radius 2 is 1.13 bits per heavy atom. The van der Waals surface area contributed by atoms with E-state index >= 15 is 4.79 Å². The van der Waals surface area contributed by atoms with E-state index in [4.69, 9.17) is 4.99 Å². The third-order valence-corrected chi connectivity index (χ3v) is 10.3. The van der Waals surface area contributed by atoms with Gasteiger partial charge >= 0.3 is 0 Å². The van der Waals surface area contributed by atoms with Gasteiger partial charge in [-0.05, 0) is 44.8 Å². The predicted octanol–water partition coefficient (Wildman–Crippen LogP) is 8.25. The maximum Gasteiger partial charge on any atom is 0.239 e. The molecule has 3 aliphatic carbocycles. The number of anilines is 1. The number of aliphatic imine (C=N–C) groups is 1. The summed E-state index contributed by atoms with van der Waals surface area (Å²) in [6.45, 7) is 0. The third kappa shape index (κ3) is 3.64. The van der Waals surface area contributed by atoms with Gasteiger partial charge in [0.25, 0.3) is 0 Å². The predicted molar refractivity (Wildman–Crippen MR) is 182 cm³/mol. The fourth-order valence-electron chi connectivity index (χ4n) is 8.52. The Morgan fingerprint density at radius 3 is 1.78 bits per heavy atom. The standard InChI is InChI=1S/C42H30N2O2/c45-40-37-36-31-21-9-11-23-33(31)42(34-24-12-10-22-32(34)36,26-43-39(28-15-3-1-4-16-28)29-17-5-2-6-18-29)38(37)41(46)44(40)35-25-13-19-27-14-7-8-20-30(27)35/h1-26,36-39H/t36?,37-,38+,42?/m1/s1. The first kappa shape index (κ1) is 26.8. The molecule has 0 N–H and O–H groups in total. The molecule has 4 heteroatoms. The van der Waals surface area contributed by atoms with Crippen molar-refractivity contribution in [2.24, 2.45) is 16.8 Å². The van der Waals surface area contributed by atoms with Gasteiger partial charge in [0.2, 0.25) is 11.8 Å². The molecule has 2 atom stereocenters. The number of fused-ring (bicyclic) bond motifs is 1. The Bertz CT molecular complexity index is 2100. The number of hydrogen-bond donors (Lipinski definition) is 0.